The molecule has 1 amide bonds. The number of nitrogens with zero attached hydrogens (tertiary/aromatic N) is 3. The maximum absolute atomic E-state index is 12.0. The Morgan fingerprint density at radius 3 is 2.38 bits per heavy atom. The van der Waals surface area contributed by atoms with Crippen LogP contribution in [-0.2, 0) is 20.9 Å². The smallest absolute Gasteiger partial charge is 0.328 e. The molecule has 0 atom stereocenters. The molecule has 1 aromatic carbocycles. The van der Waals surface area contributed by atoms with Crippen molar-refractivity contribution >= 4 is 23.3 Å². The minimum atomic E-state index is -0.706. The summed E-state index contributed by atoms with van der Waals surface area (Å²) in [7, 11) is 0. The molecular weight excluding hydrogens is 340 g/mol. The minimum Gasteiger partial charge on any atom is -0.454 e. The summed E-state index contributed by atoms with van der Waals surface area (Å²) < 4.78 is 6.14. The number of rotatable bonds is 6. The number of para-hydroxylation sites is 1. The lowest BCUT2D eigenvalue weighted by Gasteiger charge is -2.11. The molecule has 26 heavy (non-hydrogen) atoms. The van der Waals surface area contributed by atoms with E-state index in [1.54, 1.807) is 0 Å². The standard InChI is InChI=1S/C17H20N4O5/c1-10-6-5-7-11(2)16(10)18-14(22)9-26-15(23)8-20-13(4)17(21(24)25)12(3)19-20/h5-7H,8-9H2,1-4H3,(H,18,22). The molecule has 9 nitrogen and oxygen atoms in total. The first-order valence-electron chi connectivity index (χ1n) is 7.90. The van der Waals surface area contributed by atoms with Crippen molar-refractivity contribution in [2.75, 3.05) is 11.9 Å². The van der Waals surface area contributed by atoms with Gasteiger partial charge in [-0.15, -0.1) is 0 Å². The number of nitrogens with one attached hydrogen (secondary N) is 1. The average molecular weight is 360 g/mol. The second-order valence-electron chi connectivity index (χ2n) is 5.91. The summed E-state index contributed by atoms with van der Waals surface area (Å²) in [4.78, 5) is 34.3. The Morgan fingerprint density at radius 2 is 1.85 bits per heavy atom. The van der Waals surface area contributed by atoms with E-state index in [-0.39, 0.29) is 23.6 Å². The average Bonchev–Trinajstić information content (AvgIpc) is 2.83. The summed E-state index contributed by atoms with van der Waals surface area (Å²) in [6.07, 6.45) is 0. The van der Waals surface area contributed by atoms with Gasteiger partial charge in [-0.2, -0.15) is 5.10 Å². The Hall–Kier alpha value is -3.23. The fourth-order valence-corrected chi connectivity index (χ4v) is 2.61. The van der Waals surface area contributed by atoms with Gasteiger partial charge in [0.25, 0.3) is 5.91 Å². The van der Waals surface area contributed by atoms with Crippen LogP contribution in [0.15, 0.2) is 18.2 Å². The van der Waals surface area contributed by atoms with Gasteiger partial charge in [0.1, 0.15) is 17.9 Å². The van der Waals surface area contributed by atoms with Crippen molar-refractivity contribution in [2.45, 2.75) is 34.2 Å². The van der Waals surface area contributed by atoms with Crippen LogP contribution in [0.25, 0.3) is 0 Å². The highest BCUT2D eigenvalue weighted by molar-refractivity contribution is 5.94. The summed E-state index contributed by atoms with van der Waals surface area (Å²) in [6.45, 7) is 5.96. The van der Waals surface area contributed by atoms with E-state index in [9.17, 15) is 19.7 Å². The van der Waals surface area contributed by atoms with Gasteiger partial charge in [-0.3, -0.25) is 24.4 Å². The van der Waals surface area contributed by atoms with Crippen molar-refractivity contribution in [1.82, 2.24) is 9.78 Å². The Balaban J connectivity index is 1.94. The van der Waals surface area contributed by atoms with E-state index in [1.807, 2.05) is 32.0 Å². The first kappa shape index (κ1) is 19.1. The van der Waals surface area contributed by atoms with E-state index >= 15 is 0 Å². The summed E-state index contributed by atoms with van der Waals surface area (Å²) in [5.74, 6) is -1.17. The van der Waals surface area contributed by atoms with Gasteiger partial charge in [-0.25, -0.2) is 0 Å². The molecule has 0 radical (unpaired) electrons. The molecule has 1 N–H and O–H groups in total. The van der Waals surface area contributed by atoms with Gasteiger partial charge in [-0.1, -0.05) is 18.2 Å². The lowest BCUT2D eigenvalue weighted by molar-refractivity contribution is -0.386. The first-order valence-corrected chi connectivity index (χ1v) is 7.90. The molecule has 0 aliphatic heterocycles. The number of aryl methyl sites for hydroxylation is 3. The quantitative estimate of drug-likeness (QED) is 0.479. The zero-order chi connectivity index (χ0) is 19.4. The van der Waals surface area contributed by atoms with Gasteiger partial charge in [0.15, 0.2) is 6.61 Å². The van der Waals surface area contributed by atoms with Crippen LogP contribution in [0.4, 0.5) is 11.4 Å². The molecule has 2 rings (SSSR count). The largest absolute Gasteiger partial charge is 0.454 e. The summed E-state index contributed by atoms with van der Waals surface area (Å²) >= 11 is 0. The summed E-state index contributed by atoms with van der Waals surface area (Å²) in [5.41, 5.74) is 2.82. The van der Waals surface area contributed by atoms with E-state index in [1.165, 1.54) is 18.5 Å². The van der Waals surface area contributed by atoms with Gasteiger partial charge >= 0.3 is 11.7 Å². The number of ether oxygens (including phenoxy) is 1. The van der Waals surface area contributed by atoms with E-state index in [4.69, 9.17) is 4.74 Å². The molecule has 0 fully saturated rings. The van der Waals surface area contributed by atoms with Gasteiger partial charge in [-0.05, 0) is 38.8 Å². The van der Waals surface area contributed by atoms with Crippen LogP contribution < -0.4 is 5.32 Å². The molecule has 0 unspecified atom stereocenters. The number of benzene rings is 1. The van der Waals surface area contributed by atoms with E-state index in [0.29, 0.717) is 5.69 Å². The molecule has 0 aliphatic carbocycles. The number of amides is 1. The fourth-order valence-electron chi connectivity index (χ4n) is 2.61. The molecule has 0 bridgehead atoms. The van der Waals surface area contributed by atoms with Crippen LogP contribution in [0.5, 0.6) is 0 Å². The summed E-state index contributed by atoms with van der Waals surface area (Å²) in [5, 5.41) is 17.6. The summed E-state index contributed by atoms with van der Waals surface area (Å²) in [6, 6.07) is 5.61. The number of aromatic nitrogens is 2. The number of nitro groups is 1. The van der Waals surface area contributed by atoms with Crippen molar-refractivity contribution in [3.63, 3.8) is 0 Å². The lowest BCUT2D eigenvalue weighted by Crippen LogP contribution is -2.24. The maximum Gasteiger partial charge on any atom is 0.328 e. The van der Waals surface area contributed by atoms with E-state index in [0.717, 1.165) is 11.1 Å². The predicted octanol–water partition coefficient (Wildman–Crippen LogP) is 2.21. The molecule has 9 heteroatoms. The highest BCUT2D eigenvalue weighted by Gasteiger charge is 2.23. The molecule has 0 saturated carbocycles. The highest BCUT2D eigenvalue weighted by atomic mass is 16.6. The normalized spacial score (nSPS) is 10.5. The monoisotopic (exact) mass is 360 g/mol. The number of anilines is 1. The van der Waals surface area contributed by atoms with Crippen LogP contribution in [0, 0.1) is 37.8 Å². The Morgan fingerprint density at radius 1 is 1.23 bits per heavy atom. The van der Waals surface area contributed by atoms with Crippen LogP contribution in [-0.4, -0.2) is 33.2 Å². The van der Waals surface area contributed by atoms with Crippen molar-refractivity contribution in [3.8, 4) is 0 Å². The molecule has 1 aromatic heterocycles. The molecule has 2 aromatic rings. The molecule has 1 heterocycles. The zero-order valence-corrected chi connectivity index (χ0v) is 15.0. The first-order chi connectivity index (χ1) is 12.2. The third-order valence-electron chi connectivity index (χ3n) is 3.91. The maximum atomic E-state index is 12.0. The number of esters is 1. The van der Waals surface area contributed by atoms with Gasteiger partial charge in [0.2, 0.25) is 0 Å². The second kappa shape index (κ2) is 7.77. The number of carbonyl (C=O) groups is 2. The van der Waals surface area contributed by atoms with Crippen LogP contribution >= 0.6 is 0 Å². The van der Waals surface area contributed by atoms with Crippen molar-refractivity contribution < 1.29 is 19.2 Å². The molecule has 0 saturated heterocycles. The minimum absolute atomic E-state index is 0.134. The SMILES string of the molecule is Cc1cccc(C)c1NC(=O)COC(=O)Cn1nc(C)c([N+](=O)[O-])c1C. The Kier molecular flexibility index (Phi) is 5.71. The highest BCUT2D eigenvalue weighted by Crippen LogP contribution is 2.22. The molecule has 138 valence electrons. The number of hydrogen-bond acceptors (Lipinski definition) is 6. The predicted molar refractivity (Wildman–Crippen MR) is 93.9 cm³/mol. The van der Waals surface area contributed by atoms with Crippen LogP contribution in [0.1, 0.15) is 22.5 Å². The van der Waals surface area contributed by atoms with E-state index < -0.39 is 23.4 Å². The lowest BCUT2D eigenvalue weighted by atomic mass is 10.1. The Labute approximate surface area is 150 Å². The second-order valence-corrected chi connectivity index (χ2v) is 5.91. The van der Waals surface area contributed by atoms with E-state index in [2.05, 4.69) is 10.4 Å². The topological polar surface area (TPSA) is 116 Å². The van der Waals surface area contributed by atoms with Gasteiger partial charge < -0.3 is 10.1 Å². The van der Waals surface area contributed by atoms with Crippen molar-refractivity contribution in [3.05, 3.63) is 50.8 Å². The molecule has 0 spiro atoms. The van der Waals surface area contributed by atoms with Crippen LogP contribution in [0.3, 0.4) is 0 Å². The van der Waals surface area contributed by atoms with Crippen LogP contribution in [0.2, 0.25) is 0 Å². The fraction of sp³-hybridized carbons (Fsp3) is 0.353. The van der Waals surface area contributed by atoms with Crippen molar-refractivity contribution in [1.29, 1.82) is 0 Å². The zero-order valence-electron chi connectivity index (χ0n) is 15.0. The van der Waals surface area contributed by atoms with Gasteiger partial charge in [0, 0.05) is 5.69 Å². The molecule has 0 aliphatic rings. The third kappa shape index (κ3) is 4.24. The Bertz CT molecular complexity index is 852. The molecular formula is C17H20N4O5. The number of hydrogen-bond donors (Lipinski definition) is 1. The third-order valence-corrected chi connectivity index (χ3v) is 3.91. The van der Waals surface area contributed by atoms with Gasteiger partial charge in [0.05, 0.1) is 4.92 Å². The van der Waals surface area contributed by atoms with Crippen molar-refractivity contribution in [2.24, 2.45) is 0 Å². The number of carbonyl (C=O) groups excluding carboxylic acids is 2.